The van der Waals surface area contributed by atoms with Gasteiger partial charge in [-0.2, -0.15) is 0 Å². The Labute approximate surface area is 189 Å². The summed E-state index contributed by atoms with van der Waals surface area (Å²) >= 11 is 0. The van der Waals surface area contributed by atoms with Crippen molar-refractivity contribution in [3.8, 4) is 11.1 Å². The van der Waals surface area contributed by atoms with Crippen LogP contribution in [0, 0.1) is 11.3 Å². The number of benzene rings is 2. The lowest BCUT2D eigenvalue weighted by atomic mass is 9.61. The first-order valence-corrected chi connectivity index (χ1v) is 11.6. The minimum Gasteiger partial charge on any atom is -0.368 e. The van der Waals surface area contributed by atoms with Gasteiger partial charge in [-0.15, -0.1) is 0 Å². The average Bonchev–Trinajstić information content (AvgIpc) is 3.46. The molecule has 5 heteroatoms. The molecule has 2 aromatic rings. The second kappa shape index (κ2) is 8.55. The van der Waals surface area contributed by atoms with Crippen molar-refractivity contribution in [2.75, 3.05) is 6.61 Å². The fourth-order valence-electron chi connectivity index (χ4n) is 5.59. The number of carbonyl (C=O) groups excluding carboxylic acids is 2. The maximum atomic E-state index is 13.0. The van der Waals surface area contributed by atoms with Crippen LogP contribution in [-0.2, 0) is 20.7 Å². The minimum atomic E-state index is -0.616. The second-order valence-corrected chi connectivity index (χ2v) is 9.38. The van der Waals surface area contributed by atoms with E-state index >= 15 is 0 Å². The van der Waals surface area contributed by atoms with Crippen LogP contribution in [0.15, 0.2) is 66.4 Å². The summed E-state index contributed by atoms with van der Waals surface area (Å²) in [6, 6.07) is 18.8. The SMILES string of the molecule is C[C@]12C(=O)NC=C1CCC(NC(=O)[C@@H]1CCCO1)C2Cc1cccc(-c2ccccc2)c1. The van der Waals surface area contributed by atoms with Gasteiger partial charge < -0.3 is 15.4 Å². The van der Waals surface area contributed by atoms with E-state index in [4.69, 9.17) is 4.74 Å². The standard InChI is InChI=1S/C27H30N2O3/c1-27-21(17-28-26(27)31)12-13-23(29-25(30)24-11-6-14-32-24)22(27)16-18-7-5-10-20(15-18)19-8-3-2-4-9-19/h2-5,7-10,15,17,22-24H,6,11-14,16H2,1H3,(H,28,31)(H,29,30)/t22?,23?,24-,27-/m0/s1. The topological polar surface area (TPSA) is 67.4 Å². The summed E-state index contributed by atoms with van der Waals surface area (Å²) in [5.74, 6) is -0.0286. The largest absolute Gasteiger partial charge is 0.368 e. The lowest BCUT2D eigenvalue weighted by molar-refractivity contribution is -0.135. The fourth-order valence-corrected chi connectivity index (χ4v) is 5.59. The molecule has 2 fully saturated rings. The van der Waals surface area contributed by atoms with E-state index in [1.807, 2.05) is 31.3 Å². The van der Waals surface area contributed by atoms with Gasteiger partial charge in [-0.25, -0.2) is 0 Å². The highest BCUT2D eigenvalue weighted by atomic mass is 16.5. The molecule has 0 radical (unpaired) electrons. The Balaban J connectivity index is 1.44. The molecule has 2 unspecified atom stereocenters. The lowest BCUT2D eigenvalue weighted by Crippen LogP contribution is -2.55. The quantitative estimate of drug-likeness (QED) is 0.754. The third kappa shape index (κ3) is 3.75. The van der Waals surface area contributed by atoms with Crippen molar-refractivity contribution in [1.82, 2.24) is 10.6 Å². The van der Waals surface area contributed by atoms with Crippen molar-refractivity contribution < 1.29 is 14.3 Å². The summed E-state index contributed by atoms with van der Waals surface area (Å²) in [5.41, 5.74) is 4.04. The molecule has 166 valence electrons. The molecule has 1 saturated heterocycles. The van der Waals surface area contributed by atoms with Crippen molar-refractivity contribution in [1.29, 1.82) is 0 Å². The van der Waals surface area contributed by atoms with Crippen LogP contribution in [0.3, 0.4) is 0 Å². The molecule has 3 aliphatic rings. The zero-order valence-corrected chi connectivity index (χ0v) is 18.5. The van der Waals surface area contributed by atoms with E-state index < -0.39 is 5.41 Å². The van der Waals surface area contributed by atoms with Gasteiger partial charge in [0.05, 0.1) is 5.41 Å². The zero-order valence-electron chi connectivity index (χ0n) is 18.5. The highest BCUT2D eigenvalue weighted by Crippen LogP contribution is 2.49. The molecule has 1 aliphatic carbocycles. The molecule has 5 nitrogen and oxygen atoms in total. The lowest BCUT2D eigenvalue weighted by Gasteiger charge is -2.44. The summed E-state index contributed by atoms with van der Waals surface area (Å²) in [7, 11) is 0. The Bertz CT molecular complexity index is 1040. The summed E-state index contributed by atoms with van der Waals surface area (Å²) in [6.45, 7) is 2.68. The normalized spacial score (nSPS) is 29.2. The first-order chi connectivity index (χ1) is 15.6. The number of carbonyl (C=O) groups is 2. The molecule has 0 bridgehead atoms. The summed E-state index contributed by atoms with van der Waals surface area (Å²) < 4.78 is 5.60. The number of ether oxygens (including phenoxy) is 1. The predicted octanol–water partition coefficient (Wildman–Crippen LogP) is 3.99. The smallest absolute Gasteiger partial charge is 0.249 e. The Hall–Kier alpha value is -2.92. The van der Waals surface area contributed by atoms with Crippen molar-refractivity contribution in [3.05, 3.63) is 71.9 Å². The van der Waals surface area contributed by atoms with Crippen LogP contribution in [0.5, 0.6) is 0 Å². The average molecular weight is 431 g/mol. The zero-order chi connectivity index (χ0) is 22.1. The molecule has 0 spiro atoms. The maximum absolute atomic E-state index is 13.0. The van der Waals surface area contributed by atoms with Crippen molar-refractivity contribution in [2.45, 2.75) is 51.2 Å². The van der Waals surface area contributed by atoms with Crippen LogP contribution in [0.1, 0.15) is 38.2 Å². The number of fused-ring (bicyclic) bond motifs is 1. The first kappa shape index (κ1) is 21.0. The summed E-state index contributed by atoms with van der Waals surface area (Å²) in [5, 5.41) is 6.21. The minimum absolute atomic E-state index is 0.0265. The van der Waals surface area contributed by atoms with Crippen molar-refractivity contribution in [3.63, 3.8) is 0 Å². The van der Waals surface area contributed by atoms with Crippen LogP contribution in [-0.4, -0.2) is 30.6 Å². The second-order valence-electron chi connectivity index (χ2n) is 9.38. The number of nitrogens with one attached hydrogen (secondary N) is 2. The van der Waals surface area contributed by atoms with E-state index in [0.29, 0.717) is 6.61 Å². The Morgan fingerprint density at radius 2 is 1.94 bits per heavy atom. The number of hydrogen-bond donors (Lipinski definition) is 2. The predicted molar refractivity (Wildman–Crippen MR) is 124 cm³/mol. The Morgan fingerprint density at radius 3 is 2.72 bits per heavy atom. The molecule has 5 rings (SSSR count). The molecular weight excluding hydrogens is 400 g/mol. The summed E-state index contributed by atoms with van der Waals surface area (Å²) in [6.07, 6.45) is 5.58. The van der Waals surface area contributed by atoms with Crippen LogP contribution < -0.4 is 10.6 Å². The van der Waals surface area contributed by atoms with Gasteiger partial charge in [-0.3, -0.25) is 9.59 Å². The molecule has 4 atom stereocenters. The van der Waals surface area contributed by atoms with Gasteiger partial charge in [-0.05, 0) is 61.3 Å². The van der Waals surface area contributed by atoms with Gasteiger partial charge in [0.2, 0.25) is 11.8 Å². The van der Waals surface area contributed by atoms with Gasteiger partial charge >= 0.3 is 0 Å². The number of rotatable bonds is 5. The monoisotopic (exact) mass is 430 g/mol. The molecule has 2 aromatic carbocycles. The molecule has 32 heavy (non-hydrogen) atoms. The number of hydrogen-bond acceptors (Lipinski definition) is 3. The van der Waals surface area contributed by atoms with E-state index in [-0.39, 0.29) is 29.9 Å². The van der Waals surface area contributed by atoms with Gasteiger partial charge in [-0.1, -0.05) is 54.6 Å². The number of amides is 2. The Kier molecular flexibility index (Phi) is 5.60. The summed E-state index contributed by atoms with van der Waals surface area (Å²) in [4.78, 5) is 25.9. The third-order valence-electron chi connectivity index (χ3n) is 7.51. The molecule has 2 N–H and O–H groups in total. The molecule has 2 heterocycles. The van der Waals surface area contributed by atoms with Crippen LogP contribution in [0.25, 0.3) is 11.1 Å². The van der Waals surface area contributed by atoms with Gasteiger partial charge in [0.15, 0.2) is 0 Å². The van der Waals surface area contributed by atoms with Crippen molar-refractivity contribution in [2.24, 2.45) is 11.3 Å². The molecule has 0 aromatic heterocycles. The van der Waals surface area contributed by atoms with Gasteiger partial charge in [0.1, 0.15) is 6.10 Å². The first-order valence-electron chi connectivity index (χ1n) is 11.6. The van der Waals surface area contributed by atoms with E-state index in [9.17, 15) is 9.59 Å². The maximum Gasteiger partial charge on any atom is 0.249 e. The highest BCUT2D eigenvalue weighted by molar-refractivity contribution is 5.90. The van der Waals surface area contributed by atoms with Crippen LogP contribution >= 0.6 is 0 Å². The van der Waals surface area contributed by atoms with Crippen molar-refractivity contribution >= 4 is 11.8 Å². The van der Waals surface area contributed by atoms with Gasteiger partial charge in [0.25, 0.3) is 0 Å². The highest BCUT2D eigenvalue weighted by Gasteiger charge is 2.53. The van der Waals surface area contributed by atoms with E-state index in [1.165, 1.54) is 11.1 Å². The fraction of sp³-hybridized carbons (Fsp3) is 0.407. The van der Waals surface area contributed by atoms with E-state index in [2.05, 4.69) is 47.0 Å². The van der Waals surface area contributed by atoms with E-state index in [1.54, 1.807) is 0 Å². The van der Waals surface area contributed by atoms with Crippen LogP contribution in [0.4, 0.5) is 0 Å². The molecule has 2 amide bonds. The Morgan fingerprint density at radius 1 is 1.12 bits per heavy atom. The van der Waals surface area contributed by atoms with Crippen LogP contribution in [0.2, 0.25) is 0 Å². The molecule has 1 saturated carbocycles. The van der Waals surface area contributed by atoms with Gasteiger partial charge in [0, 0.05) is 24.8 Å². The molecule has 2 aliphatic heterocycles. The third-order valence-corrected chi connectivity index (χ3v) is 7.51. The van der Waals surface area contributed by atoms with E-state index in [0.717, 1.165) is 43.2 Å². The molecular formula is C27H30N2O3.